The topological polar surface area (TPSA) is 74.7 Å². The Morgan fingerprint density at radius 3 is 2.59 bits per heavy atom. The van der Waals surface area contributed by atoms with Crippen LogP contribution in [0.5, 0.6) is 11.5 Å². The van der Waals surface area contributed by atoms with Crippen LogP contribution < -0.4 is 14.8 Å². The van der Waals surface area contributed by atoms with E-state index in [1.807, 2.05) is 36.4 Å². The lowest BCUT2D eigenvalue weighted by Crippen LogP contribution is -2.10. The molecule has 0 bridgehead atoms. The van der Waals surface area contributed by atoms with Gasteiger partial charge in [-0.2, -0.15) is 0 Å². The number of terminal acetylenes is 1. The van der Waals surface area contributed by atoms with Crippen LogP contribution in [-0.4, -0.2) is 50.1 Å². The zero-order chi connectivity index (χ0) is 22.6. The predicted octanol–water partition coefficient (Wildman–Crippen LogP) is 3.80. The molecule has 1 aromatic heterocycles. The lowest BCUT2D eigenvalue weighted by Gasteiger charge is -2.15. The summed E-state index contributed by atoms with van der Waals surface area (Å²) in [7, 11) is 1.62. The molecule has 0 fully saturated rings. The average Bonchev–Trinajstić information content (AvgIpc) is 2.82. The van der Waals surface area contributed by atoms with Gasteiger partial charge in [-0.15, -0.1) is 12.3 Å². The monoisotopic (exact) mass is 431 g/mol. The van der Waals surface area contributed by atoms with E-state index < -0.39 is 0 Å². The zero-order valence-corrected chi connectivity index (χ0v) is 18.2. The van der Waals surface area contributed by atoms with Crippen LogP contribution in [0.15, 0.2) is 42.7 Å². The maximum Gasteiger partial charge on any atom is 0.163 e. The van der Waals surface area contributed by atoms with Crippen LogP contribution >= 0.6 is 0 Å². The van der Waals surface area contributed by atoms with Gasteiger partial charge in [0.2, 0.25) is 0 Å². The molecule has 0 saturated carbocycles. The van der Waals surface area contributed by atoms with Crippen molar-refractivity contribution in [3.63, 3.8) is 0 Å². The zero-order valence-electron chi connectivity index (χ0n) is 18.2. The van der Waals surface area contributed by atoms with Gasteiger partial charge in [-0.05, 0) is 31.2 Å². The molecule has 0 radical (unpaired) electrons. The summed E-state index contributed by atoms with van der Waals surface area (Å²) in [6.07, 6.45) is 7.01. The van der Waals surface area contributed by atoms with Gasteiger partial charge < -0.3 is 24.3 Å². The van der Waals surface area contributed by atoms with Crippen LogP contribution in [0.25, 0.3) is 10.9 Å². The van der Waals surface area contributed by atoms with Gasteiger partial charge >= 0.3 is 0 Å². The van der Waals surface area contributed by atoms with Gasteiger partial charge in [0.1, 0.15) is 32.0 Å². The largest absolute Gasteiger partial charge is 0.487 e. The molecular weight excluding hydrogens is 406 g/mol. The summed E-state index contributed by atoms with van der Waals surface area (Å²) in [5.41, 5.74) is 2.32. The Morgan fingerprint density at radius 1 is 1.00 bits per heavy atom. The van der Waals surface area contributed by atoms with Gasteiger partial charge in [-0.3, -0.25) is 0 Å². The standard InChI is InChI=1S/C25H25N3O4/c1-4-6-10-30-12-14-32-23-16-21-22(17-24(23)31-13-11-29-3)26-18-27-25(21)28-20-9-7-8-19(5-2)15-20/h2,7-9,15-18H,10-14H2,1,3H3,(H,26,27,28). The molecule has 7 heteroatoms. The van der Waals surface area contributed by atoms with Gasteiger partial charge in [0.05, 0.1) is 18.7 Å². The number of anilines is 2. The Hall–Kier alpha value is -3.78. The highest BCUT2D eigenvalue weighted by Crippen LogP contribution is 2.35. The van der Waals surface area contributed by atoms with Gasteiger partial charge in [0.15, 0.2) is 11.5 Å². The maximum atomic E-state index is 5.95. The van der Waals surface area contributed by atoms with Gasteiger partial charge in [0, 0.05) is 29.8 Å². The van der Waals surface area contributed by atoms with Crippen LogP contribution in [0.3, 0.4) is 0 Å². The van der Waals surface area contributed by atoms with Gasteiger partial charge in [0.25, 0.3) is 0 Å². The Labute approximate surface area is 188 Å². The van der Waals surface area contributed by atoms with Crippen LogP contribution in [0.4, 0.5) is 11.5 Å². The number of ether oxygens (including phenoxy) is 4. The van der Waals surface area contributed by atoms with Crippen LogP contribution in [-0.2, 0) is 9.47 Å². The number of methoxy groups -OCH3 is 1. The molecule has 0 aliphatic rings. The molecule has 3 aromatic rings. The van der Waals surface area contributed by atoms with Crippen molar-refractivity contribution in [1.29, 1.82) is 0 Å². The Bertz CT molecular complexity index is 1150. The Balaban J connectivity index is 1.87. The van der Waals surface area contributed by atoms with Gasteiger partial charge in [-0.25, -0.2) is 9.97 Å². The van der Waals surface area contributed by atoms with Crippen LogP contribution in [0.1, 0.15) is 12.5 Å². The van der Waals surface area contributed by atoms with E-state index in [-0.39, 0.29) is 0 Å². The second-order valence-electron chi connectivity index (χ2n) is 6.56. The smallest absolute Gasteiger partial charge is 0.163 e. The summed E-state index contributed by atoms with van der Waals surface area (Å²) in [5, 5.41) is 4.09. The number of aromatic nitrogens is 2. The van der Waals surface area contributed by atoms with Crippen LogP contribution in [0, 0.1) is 24.2 Å². The molecular formula is C25H25N3O4. The van der Waals surface area contributed by atoms with Gasteiger partial charge in [-0.1, -0.05) is 17.9 Å². The number of fused-ring (bicyclic) bond motifs is 1. The maximum absolute atomic E-state index is 5.95. The quantitative estimate of drug-likeness (QED) is 0.366. The van der Waals surface area contributed by atoms with E-state index in [1.165, 1.54) is 6.33 Å². The first-order chi connectivity index (χ1) is 15.7. The summed E-state index contributed by atoms with van der Waals surface area (Å²) in [4.78, 5) is 8.79. The molecule has 3 rings (SSSR count). The predicted molar refractivity (Wildman–Crippen MR) is 124 cm³/mol. The minimum Gasteiger partial charge on any atom is -0.487 e. The third-order valence-corrected chi connectivity index (χ3v) is 4.37. The second-order valence-corrected chi connectivity index (χ2v) is 6.56. The Morgan fingerprint density at radius 2 is 1.81 bits per heavy atom. The summed E-state index contributed by atoms with van der Waals surface area (Å²) in [5.74, 6) is 10.0. The van der Waals surface area contributed by atoms with E-state index in [0.29, 0.717) is 55.9 Å². The molecule has 1 heterocycles. The molecule has 0 aliphatic carbocycles. The number of hydrogen-bond donors (Lipinski definition) is 1. The van der Waals surface area contributed by atoms with E-state index in [0.717, 1.165) is 16.6 Å². The number of nitrogens with one attached hydrogen (secondary N) is 1. The molecule has 0 amide bonds. The molecule has 7 nitrogen and oxygen atoms in total. The fraction of sp³-hybridized carbons (Fsp3) is 0.280. The fourth-order valence-electron chi connectivity index (χ4n) is 2.85. The number of nitrogens with zero attached hydrogens (tertiary/aromatic N) is 2. The molecule has 164 valence electrons. The number of benzene rings is 2. The van der Waals surface area contributed by atoms with E-state index >= 15 is 0 Å². The number of hydrogen-bond acceptors (Lipinski definition) is 7. The Kier molecular flexibility index (Phi) is 8.70. The molecule has 32 heavy (non-hydrogen) atoms. The van der Waals surface area contributed by atoms with E-state index in [4.69, 9.17) is 25.4 Å². The molecule has 0 unspecified atom stereocenters. The average molecular weight is 431 g/mol. The summed E-state index contributed by atoms with van der Waals surface area (Å²) < 4.78 is 22.3. The first-order valence-corrected chi connectivity index (χ1v) is 10.1. The minimum atomic E-state index is 0.345. The van der Waals surface area contributed by atoms with Crippen molar-refractivity contribution < 1.29 is 18.9 Å². The van der Waals surface area contributed by atoms with E-state index in [1.54, 1.807) is 14.0 Å². The molecule has 1 N–H and O–H groups in total. The first kappa shape index (κ1) is 22.9. The SMILES string of the molecule is C#Cc1cccc(Nc2ncnc3cc(OCCOC)c(OCCOCC#CC)cc23)c1. The highest BCUT2D eigenvalue weighted by molar-refractivity contribution is 5.93. The van der Waals surface area contributed by atoms with Crippen molar-refractivity contribution in [1.82, 2.24) is 9.97 Å². The van der Waals surface area contributed by atoms with Crippen molar-refractivity contribution in [2.75, 3.05) is 45.5 Å². The molecule has 0 saturated heterocycles. The first-order valence-electron chi connectivity index (χ1n) is 10.1. The van der Waals surface area contributed by atoms with Crippen molar-refractivity contribution >= 4 is 22.4 Å². The highest BCUT2D eigenvalue weighted by Gasteiger charge is 2.13. The minimum absolute atomic E-state index is 0.345. The lowest BCUT2D eigenvalue weighted by molar-refractivity contribution is 0.118. The molecule has 0 aliphatic heterocycles. The van der Waals surface area contributed by atoms with E-state index in [2.05, 4.69) is 33.0 Å². The van der Waals surface area contributed by atoms with E-state index in [9.17, 15) is 0 Å². The van der Waals surface area contributed by atoms with Crippen LogP contribution in [0.2, 0.25) is 0 Å². The molecule has 0 atom stereocenters. The summed E-state index contributed by atoms with van der Waals surface area (Å²) in [6.45, 7) is 3.73. The second kappa shape index (κ2) is 12.2. The molecule has 2 aromatic carbocycles. The fourth-order valence-corrected chi connectivity index (χ4v) is 2.85. The summed E-state index contributed by atoms with van der Waals surface area (Å²) in [6, 6.07) is 11.2. The normalized spacial score (nSPS) is 10.2. The van der Waals surface area contributed by atoms with Crippen molar-refractivity contribution in [3.8, 4) is 35.7 Å². The van der Waals surface area contributed by atoms with Crippen molar-refractivity contribution in [2.45, 2.75) is 6.92 Å². The third kappa shape index (κ3) is 6.36. The van der Waals surface area contributed by atoms with Crippen molar-refractivity contribution in [2.24, 2.45) is 0 Å². The third-order valence-electron chi connectivity index (χ3n) is 4.37. The summed E-state index contributed by atoms with van der Waals surface area (Å²) >= 11 is 0. The van der Waals surface area contributed by atoms with Crippen molar-refractivity contribution in [3.05, 3.63) is 48.3 Å². The lowest BCUT2D eigenvalue weighted by atomic mass is 10.2. The number of rotatable bonds is 11. The molecule has 0 spiro atoms. The highest BCUT2D eigenvalue weighted by atomic mass is 16.5.